The number of carbonyl (C=O) groups excluding carboxylic acids is 1. The number of piperazine rings is 1. The van der Waals surface area contributed by atoms with E-state index in [1.807, 2.05) is 42.2 Å². The first-order valence-electron chi connectivity index (χ1n) is 11.8. The Balaban J connectivity index is 1.40. The Morgan fingerprint density at radius 2 is 1.97 bits per heavy atom. The van der Waals surface area contributed by atoms with Crippen LogP contribution in [-0.4, -0.2) is 51.6 Å². The van der Waals surface area contributed by atoms with Gasteiger partial charge in [0.1, 0.15) is 6.61 Å². The molecule has 9 nitrogen and oxygen atoms in total. The molecule has 2 aromatic heterocycles. The molecule has 0 radical (unpaired) electrons. The van der Waals surface area contributed by atoms with Crippen molar-refractivity contribution in [2.75, 3.05) is 35.6 Å². The van der Waals surface area contributed by atoms with E-state index in [1.165, 1.54) is 5.56 Å². The number of urea groups is 1. The Hall–Kier alpha value is -3.88. The minimum Gasteiger partial charge on any atom is -0.483 e. The number of nitrogen functional groups attached to an aromatic ring is 1. The molecule has 3 heterocycles. The van der Waals surface area contributed by atoms with Crippen LogP contribution in [0.2, 0.25) is 0 Å². The highest BCUT2D eigenvalue weighted by molar-refractivity contribution is 5.89. The average molecular weight is 476 g/mol. The average Bonchev–Trinajstić information content (AvgIpc) is 2.82. The third-order valence-electron chi connectivity index (χ3n) is 6.03. The number of nitrogens with two attached hydrogens (primary N) is 1. The van der Waals surface area contributed by atoms with Crippen LogP contribution in [0, 0.1) is 0 Å². The number of nitrogens with zero attached hydrogens (tertiary/aromatic N) is 5. The van der Waals surface area contributed by atoms with Crippen LogP contribution < -0.4 is 20.7 Å². The number of hydrogen-bond donors (Lipinski definition) is 2. The number of hydrogen-bond acceptors (Lipinski definition) is 7. The molecule has 3 aromatic rings. The van der Waals surface area contributed by atoms with E-state index in [0.29, 0.717) is 31.1 Å². The first kappa shape index (κ1) is 24.3. The van der Waals surface area contributed by atoms with Gasteiger partial charge in [0.25, 0.3) is 0 Å². The lowest BCUT2D eigenvalue weighted by atomic mass is 9.87. The van der Waals surface area contributed by atoms with Gasteiger partial charge in [-0.25, -0.2) is 19.7 Å². The van der Waals surface area contributed by atoms with Gasteiger partial charge in [0.15, 0.2) is 11.6 Å². The molecule has 9 heteroatoms. The van der Waals surface area contributed by atoms with Crippen molar-refractivity contribution in [1.29, 1.82) is 0 Å². The van der Waals surface area contributed by atoms with Gasteiger partial charge in [0.05, 0.1) is 5.69 Å². The molecule has 1 unspecified atom stereocenters. The Morgan fingerprint density at radius 1 is 1.14 bits per heavy atom. The van der Waals surface area contributed by atoms with Crippen LogP contribution in [0.25, 0.3) is 0 Å². The molecule has 35 heavy (non-hydrogen) atoms. The molecule has 1 aliphatic heterocycles. The van der Waals surface area contributed by atoms with Crippen molar-refractivity contribution in [3.8, 4) is 5.75 Å². The predicted octanol–water partition coefficient (Wildman–Crippen LogP) is 4.07. The first-order valence-corrected chi connectivity index (χ1v) is 11.8. The van der Waals surface area contributed by atoms with Gasteiger partial charge in [0.2, 0.25) is 5.95 Å². The number of benzene rings is 1. The Labute approximate surface area is 206 Å². The van der Waals surface area contributed by atoms with Crippen molar-refractivity contribution < 1.29 is 9.53 Å². The van der Waals surface area contributed by atoms with E-state index >= 15 is 0 Å². The second kappa shape index (κ2) is 10.2. The Morgan fingerprint density at radius 3 is 2.71 bits per heavy atom. The van der Waals surface area contributed by atoms with Gasteiger partial charge in [0, 0.05) is 43.8 Å². The van der Waals surface area contributed by atoms with Crippen LogP contribution in [-0.2, 0) is 12.0 Å². The minimum absolute atomic E-state index is 0.00827. The van der Waals surface area contributed by atoms with Crippen LogP contribution >= 0.6 is 0 Å². The van der Waals surface area contributed by atoms with E-state index in [2.05, 4.69) is 52.0 Å². The summed E-state index contributed by atoms with van der Waals surface area (Å²) in [4.78, 5) is 29.7. The second-order valence-electron chi connectivity index (χ2n) is 9.77. The number of amides is 2. The van der Waals surface area contributed by atoms with Crippen molar-refractivity contribution in [3.05, 3.63) is 66.1 Å². The number of ether oxygens (including phenoxy) is 1. The SMILES string of the molecule is CC1CN(c2ncccc2OCc2ccnc(N)n2)CCN1C(=O)Nc1cccc(C(C)(C)C)c1. The molecule has 1 fully saturated rings. The monoisotopic (exact) mass is 475 g/mol. The zero-order valence-electron chi connectivity index (χ0n) is 20.7. The minimum atomic E-state index is -0.0953. The maximum absolute atomic E-state index is 13.1. The van der Waals surface area contributed by atoms with E-state index < -0.39 is 0 Å². The van der Waals surface area contributed by atoms with Gasteiger partial charge in [-0.15, -0.1) is 0 Å². The normalized spacial score (nSPS) is 16.2. The second-order valence-corrected chi connectivity index (χ2v) is 9.77. The summed E-state index contributed by atoms with van der Waals surface area (Å²) in [6.07, 6.45) is 3.35. The van der Waals surface area contributed by atoms with Gasteiger partial charge in [-0.05, 0) is 48.2 Å². The van der Waals surface area contributed by atoms with Crippen molar-refractivity contribution in [2.24, 2.45) is 0 Å². The molecule has 4 rings (SSSR count). The molecule has 2 amide bonds. The maximum Gasteiger partial charge on any atom is 0.322 e. The Bertz CT molecular complexity index is 1180. The summed E-state index contributed by atoms with van der Waals surface area (Å²) < 4.78 is 6.02. The topological polar surface area (TPSA) is 110 Å². The number of rotatable bonds is 5. The molecule has 1 saturated heterocycles. The van der Waals surface area contributed by atoms with E-state index in [9.17, 15) is 4.79 Å². The van der Waals surface area contributed by atoms with Gasteiger partial charge in [-0.3, -0.25) is 0 Å². The molecular weight excluding hydrogens is 442 g/mol. The van der Waals surface area contributed by atoms with Crippen molar-refractivity contribution in [3.63, 3.8) is 0 Å². The molecular formula is C26H33N7O2. The molecule has 0 saturated carbocycles. The number of pyridine rings is 1. The van der Waals surface area contributed by atoms with Gasteiger partial charge in [-0.2, -0.15) is 0 Å². The van der Waals surface area contributed by atoms with Crippen molar-refractivity contribution >= 4 is 23.5 Å². The number of nitrogens with one attached hydrogen (secondary N) is 1. The van der Waals surface area contributed by atoms with E-state index in [0.717, 1.165) is 11.5 Å². The lowest BCUT2D eigenvalue weighted by Crippen LogP contribution is -2.55. The van der Waals surface area contributed by atoms with Crippen LogP contribution in [0.1, 0.15) is 39.0 Å². The summed E-state index contributed by atoms with van der Waals surface area (Å²) in [5.74, 6) is 1.62. The zero-order chi connectivity index (χ0) is 25.0. The Kier molecular flexibility index (Phi) is 7.04. The smallest absolute Gasteiger partial charge is 0.322 e. The summed E-state index contributed by atoms with van der Waals surface area (Å²) in [7, 11) is 0. The van der Waals surface area contributed by atoms with E-state index in [1.54, 1.807) is 18.5 Å². The quantitative estimate of drug-likeness (QED) is 0.572. The van der Waals surface area contributed by atoms with Gasteiger partial charge < -0.3 is 25.6 Å². The largest absolute Gasteiger partial charge is 0.483 e. The first-order chi connectivity index (χ1) is 16.7. The predicted molar refractivity (Wildman–Crippen MR) is 138 cm³/mol. The molecule has 1 aliphatic rings. The summed E-state index contributed by atoms with van der Waals surface area (Å²) >= 11 is 0. The third-order valence-corrected chi connectivity index (χ3v) is 6.03. The fourth-order valence-electron chi connectivity index (χ4n) is 4.09. The number of aromatic nitrogens is 3. The van der Waals surface area contributed by atoms with Crippen LogP contribution in [0.5, 0.6) is 5.75 Å². The van der Waals surface area contributed by atoms with Crippen molar-refractivity contribution in [1.82, 2.24) is 19.9 Å². The van der Waals surface area contributed by atoms with Crippen LogP contribution in [0.15, 0.2) is 54.9 Å². The molecule has 3 N–H and O–H groups in total. The van der Waals surface area contributed by atoms with Crippen LogP contribution in [0.3, 0.4) is 0 Å². The third kappa shape index (κ3) is 5.98. The van der Waals surface area contributed by atoms with Gasteiger partial charge in [-0.1, -0.05) is 32.9 Å². The molecule has 0 aliphatic carbocycles. The maximum atomic E-state index is 13.1. The van der Waals surface area contributed by atoms with Crippen molar-refractivity contribution in [2.45, 2.75) is 45.8 Å². The highest BCUT2D eigenvalue weighted by Gasteiger charge is 2.29. The fourth-order valence-corrected chi connectivity index (χ4v) is 4.09. The standard InChI is InChI=1S/C26H33N7O2/c1-18-16-32(23-22(9-6-11-28-23)35-17-21-10-12-29-24(27)30-21)13-14-33(18)25(34)31-20-8-5-7-19(15-20)26(2,3)4/h5-12,15,18H,13-14,16-17H2,1-4H3,(H,31,34)(H2,27,29,30). The number of carbonyl (C=O) groups is 1. The van der Waals surface area contributed by atoms with Gasteiger partial charge >= 0.3 is 6.03 Å². The van der Waals surface area contributed by atoms with Crippen LogP contribution in [0.4, 0.5) is 22.2 Å². The summed E-state index contributed by atoms with van der Waals surface area (Å²) in [6, 6.07) is 13.4. The fraction of sp³-hybridized carbons (Fsp3) is 0.385. The molecule has 0 spiro atoms. The molecule has 1 atom stereocenters. The van der Waals surface area contributed by atoms with E-state index in [-0.39, 0.29) is 30.0 Å². The summed E-state index contributed by atoms with van der Waals surface area (Å²) in [5, 5.41) is 3.07. The summed E-state index contributed by atoms with van der Waals surface area (Å²) in [5.41, 5.74) is 8.36. The molecule has 1 aromatic carbocycles. The van der Waals surface area contributed by atoms with E-state index in [4.69, 9.17) is 10.5 Å². The summed E-state index contributed by atoms with van der Waals surface area (Å²) in [6.45, 7) is 10.7. The molecule has 0 bridgehead atoms. The lowest BCUT2D eigenvalue weighted by Gasteiger charge is -2.40. The number of anilines is 3. The molecule has 184 valence electrons. The highest BCUT2D eigenvalue weighted by atomic mass is 16.5. The lowest BCUT2D eigenvalue weighted by molar-refractivity contribution is 0.184. The zero-order valence-corrected chi connectivity index (χ0v) is 20.7. The highest BCUT2D eigenvalue weighted by Crippen LogP contribution is 2.29.